The Bertz CT molecular complexity index is 562. The van der Waals surface area contributed by atoms with Gasteiger partial charge in [-0.2, -0.15) is 0 Å². The van der Waals surface area contributed by atoms with E-state index < -0.39 is 0 Å². The summed E-state index contributed by atoms with van der Waals surface area (Å²) < 4.78 is 10.9. The van der Waals surface area contributed by atoms with Crippen LogP contribution in [0, 0.1) is 0 Å². The Morgan fingerprint density at radius 2 is 1.89 bits per heavy atom. The Morgan fingerprint density at radius 1 is 1.11 bits per heavy atom. The fourth-order valence-electron chi connectivity index (χ4n) is 1.97. The zero-order valence-corrected chi connectivity index (χ0v) is 9.56. The van der Waals surface area contributed by atoms with Gasteiger partial charge in [-0.15, -0.1) is 0 Å². The first-order valence-electron chi connectivity index (χ1n) is 5.67. The van der Waals surface area contributed by atoms with Crippen LogP contribution < -0.4 is 14.8 Å². The average Bonchev–Trinajstić information content (AvgIpc) is 2.68. The van der Waals surface area contributed by atoms with Gasteiger partial charge in [0.1, 0.15) is 13.2 Å². The van der Waals surface area contributed by atoms with Crippen molar-refractivity contribution in [2.75, 3.05) is 13.2 Å². The number of imide groups is 1. The molecule has 2 heterocycles. The van der Waals surface area contributed by atoms with Gasteiger partial charge in [-0.25, -0.2) is 0 Å². The van der Waals surface area contributed by atoms with Crippen LogP contribution in [0.2, 0.25) is 0 Å². The van der Waals surface area contributed by atoms with E-state index in [4.69, 9.17) is 9.47 Å². The highest BCUT2D eigenvalue weighted by Gasteiger charge is 2.23. The van der Waals surface area contributed by atoms with E-state index >= 15 is 0 Å². The molecule has 2 aliphatic rings. The molecule has 2 amide bonds. The number of carbonyl (C=O) groups is 2. The van der Waals surface area contributed by atoms with Gasteiger partial charge in [0, 0.05) is 5.57 Å². The van der Waals surface area contributed by atoms with E-state index in [1.807, 2.05) is 6.07 Å². The topological polar surface area (TPSA) is 64.6 Å². The fraction of sp³-hybridized carbons (Fsp3) is 0.231. The Hall–Kier alpha value is -2.30. The highest BCUT2D eigenvalue weighted by atomic mass is 16.6. The van der Waals surface area contributed by atoms with Crippen molar-refractivity contribution in [3.63, 3.8) is 0 Å². The molecule has 0 aliphatic carbocycles. The lowest BCUT2D eigenvalue weighted by molar-refractivity contribution is -0.124. The summed E-state index contributed by atoms with van der Waals surface area (Å²) in [5, 5.41) is 2.25. The molecule has 0 saturated carbocycles. The number of hydrogen-bond acceptors (Lipinski definition) is 4. The van der Waals surface area contributed by atoms with Crippen LogP contribution in [-0.4, -0.2) is 25.0 Å². The lowest BCUT2D eigenvalue weighted by Gasteiger charge is -2.18. The second kappa shape index (κ2) is 4.18. The zero-order valence-electron chi connectivity index (χ0n) is 9.56. The van der Waals surface area contributed by atoms with E-state index in [9.17, 15) is 9.59 Å². The van der Waals surface area contributed by atoms with Crippen molar-refractivity contribution in [3.05, 3.63) is 29.3 Å². The van der Waals surface area contributed by atoms with Gasteiger partial charge in [0.25, 0.3) is 5.91 Å². The van der Waals surface area contributed by atoms with Crippen LogP contribution >= 0.6 is 0 Å². The first kappa shape index (κ1) is 10.8. The Kier molecular flexibility index (Phi) is 2.51. The summed E-state index contributed by atoms with van der Waals surface area (Å²) in [6, 6.07) is 5.43. The van der Waals surface area contributed by atoms with Gasteiger partial charge >= 0.3 is 0 Å². The maximum Gasteiger partial charge on any atom is 0.254 e. The number of ether oxygens (including phenoxy) is 2. The van der Waals surface area contributed by atoms with Crippen molar-refractivity contribution < 1.29 is 19.1 Å². The standard InChI is InChI=1S/C13H11NO4/c15-12-7-9(13(16)14-12)5-8-1-2-10-11(6-8)18-4-3-17-10/h1-2,5-6H,3-4,7H2,(H,14,15,16). The zero-order chi connectivity index (χ0) is 12.5. The number of nitrogens with one attached hydrogen (secondary N) is 1. The summed E-state index contributed by atoms with van der Waals surface area (Å²) in [5.74, 6) is 0.786. The molecule has 0 unspecified atom stereocenters. The maximum absolute atomic E-state index is 11.4. The van der Waals surface area contributed by atoms with E-state index in [0.29, 0.717) is 30.3 Å². The average molecular weight is 245 g/mol. The molecule has 5 nitrogen and oxygen atoms in total. The molecule has 18 heavy (non-hydrogen) atoms. The largest absolute Gasteiger partial charge is 0.486 e. The van der Waals surface area contributed by atoms with Crippen molar-refractivity contribution in [1.29, 1.82) is 0 Å². The first-order valence-corrected chi connectivity index (χ1v) is 5.67. The van der Waals surface area contributed by atoms with Gasteiger partial charge in [-0.05, 0) is 23.8 Å². The van der Waals surface area contributed by atoms with E-state index in [1.165, 1.54) is 0 Å². The van der Waals surface area contributed by atoms with Gasteiger partial charge in [0.15, 0.2) is 11.5 Å². The number of benzene rings is 1. The number of amides is 2. The van der Waals surface area contributed by atoms with Gasteiger partial charge in [-0.3, -0.25) is 14.9 Å². The number of fused-ring (bicyclic) bond motifs is 1. The van der Waals surface area contributed by atoms with E-state index in [-0.39, 0.29) is 18.2 Å². The molecule has 1 aromatic carbocycles. The summed E-state index contributed by atoms with van der Waals surface area (Å²) in [4.78, 5) is 22.5. The molecule has 3 rings (SSSR count). The van der Waals surface area contributed by atoms with Crippen molar-refractivity contribution in [2.45, 2.75) is 6.42 Å². The second-order valence-electron chi connectivity index (χ2n) is 4.13. The van der Waals surface area contributed by atoms with Gasteiger partial charge in [0.05, 0.1) is 6.42 Å². The molecule has 0 atom stereocenters. The van der Waals surface area contributed by atoms with Crippen LogP contribution in [0.25, 0.3) is 6.08 Å². The van der Waals surface area contributed by atoms with Crippen LogP contribution in [0.4, 0.5) is 0 Å². The third-order valence-corrected chi connectivity index (χ3v) is 2.80. The molecular formula is C13H11NO4. The number of carbonyl (C=O) groups excluding carboxylic acids is 2. The molecule has 1 aromatic rings. The highest BCUT2D eigenvalue weighted by Crippen LogP contribution is 2.31. The van der Waals surface area contributed by atoms with Crippen molar-refractivity contribution in [1.82, 2.24) is 5.32 Å². The molecule has 1 fully saturated rings. The summed E-state index contributed by atoms with van der Waals surface area (Å²) >= 11 is 0. The van der Waals surface area contributed by atoms with Gasteiger partial charge in [-0.1, -0.05) is 6.07 Å². The monoisotopic (exact) mass is 245 g/mol. The van der Waals surface area contributed by atoms with Crippen molar-refractivity contribution >= 4 is 17.9 Å². The minimum absolute atomic E-state index is 0.132. The molecule has 0 radical (unpaired) electrons. The predicted octanol–water partition coefficient (Wildman–Crippen LogP) is 0.888. The minimum atomic E-state index is -0.324. The summed E-state index contributed by atoms with van der Waals surface area (Å²) in [6.07, 6.45) is 1.83. The van der Waals surface area contributed by atoms with Crippen LogP contribution in [0.3, 0.4) is 0 Å². The maximum atomic E-state index is 11.4. The molecule has 0 bridgehead atoms. The van der Waals surface area contributed by atoms with E-state index in [2.05, 4.69) is 5.32 Å². The second-order valence-corrected chi connectivity index (χ2v) is 4.13. The molecule has 1 saturated heterocycles. The van der Waals surface area contributed by atoms with E-state index in [0.717, 1.165) is 5.56 Å². The third-order valence-electron chi connectivity index (χ3n) is 2.80. The van der Waals surface area contributed by atoms with Crippen molar-refractivity contribution in [3.8, 4) is 11.5 Å². The summed E-state index contributed by atoms with van der Waals surface area (Å²) in [6.45, 7) is 1.07. The Morgan fingerprint density at radius 3 is 2.61 bits per heavy atom. The van der Waals surface area contributed by atoms with Gasteiger partial charge in [0.2, 0.25) is 5.91 Å². The Labute approximate surface area is 103 Å². The highest BCUT2D eigenvalue weighted by molar-refractivity contribution is 6.15. The summed E-state index contributed by atoms with van der Waals surface area (Å²) in [7, 11) is 0. The molecule has 92 valence electrons. The molecule has 2 aliphatic heterocycles. The normalized spacial score (nSPS) is 20.1. The fourth-order valence-corrected chi connectivity index (χ4v) is 1.97. The first-order chi connectivity index (χ1) is 8.72. The molecule has 1 N–H and O–H groups in total. The SMILES string of the molecule is O=C1CC(=Cc2ccc3c(c2)OCCO3)C(=O)N1. The van der Waals surface area contributed by atoms with Crippen LogP contribution in [0.5, 0.6) is 11.5 Å². The number of hydrogen-bond donors (Lipinski definition) is 1. The van der Waals surface area contributed by atoms with Gasteiger partial charge < -0.3 is 9.47 Å². The number of rotatable bonds is 1. The van der Waals surface area contributed by atoms with Crippen LogP contribution in [0.1, 0.15) is 12.0 Å². The van der Waals surface area contributed by atoms with Crippen LogP contribution in [0.15, 0.2) is 23.8 Å². The molecule has 5 heteroatoms. The molecule has 0 aromatic heterocycles. The third kappa shape index (κ3) is 1.95. The lowest BCUT2D eigenvalue weighted by atomic mass is 10.1. The molecule has 0 spiro atoms. The summed E-state index contributed by atoms with van der Waals surface area (Å²) in [5.41, 5.74) is 1.29. The smallest absolute Gasteiger partial charge is 0.254 e. The van der Waals surface area contributed by atoms with Crippen molar-refractivity contribution in [2.24, 2.45) is 0 Å². The minimum Gasteiger partial charge on any atom is -0.486 e. The Balaban J connectivity index is 1.91. The van der Waals surface area contributed by atoms with E-state index in [1.54, 1.807) is 18.2 Å². The predicted molar refractivity (Wildman–Crippen MR) is 63.2 cm³/mol. The quantitative estimate of drug-likeness (QED) is 0.589. The van der Waals surface area contributed by atoms with Crippen LogP contribution in [-0.2, 0) is 9.59 Å². The lowest BCUT2D eigenvalue weighted by Crippen LogP contribution is -2.19. The molecular weight excluding hydrogens is 234 g/mol.